The van der Waals surface area contributed by atoms with Gasteiger partial charge in [0.05, 0.1) is 15.7 Å². The second kappa shape index (κ2) is 9.69. The standard InChI is InChI=1S/C16H10S.C15H9NS.C2H6/c1-2-7-13-11(5-1)12-6-3-4-8-14(12)16-15(13)9-10-17-16;1-3-7-12-10(5-1)11-6-2-4-8-13(11)15-14(12)16-9-17-15;1-2/h1-10H;1-9H;1-2H3. The number of rotatable bonds is 0. The average molecular weight is 500 g/mol. The highest BCUT2D eigenvalue weighted by Gasteiger charge is 2.09. The zero-order valence-electron chi connectivity index (χ0n) is 20.2. The quantitative estimate of drug-likeness (QED) is 0.189. The summed E-state index contributed by atoms with van der Waals surface area (Å²) in [6.07, 6.45) is 0. The van der Waals surface area contributed by atoms with Gasteiger partial charge in [-0.1, -0.05) is 111 Å². The Morgan fingerprint density at radius 2 is 0.806 bits per heavy atom. The van der Waals surface area contributed by atoms with Crippen LogP contribution >= 0.6 is 22.7 Å². The van der Waals surface area contributed by atoms with Gasteiger partial charge in [0.2, 0.25) is 0 Å². The molecule has 3 heteroatoms. The molecule has 36 heavy (non-hydrogen) atoms. The van der Waals surface area contributed by atoms with Gasteiger partial charge in [0.1, 0.15) is 0 Å². The summed E-state index contributed by atoms with van der Waals surface area (Å²) in [5, 5.41) is 14.2. The fraction of sp³-hybridized carbons (Fsp3) is 0.0606. The third kappa shape index (κ3) is 3.63. The number of hydrogen-bond donors (Lipinski definition) is 0. The van der Waals surface area contributed by atoms with E-state index in [-0.39, 0.29) is 0 Å². The van der Waals surface area contributed by atoms with Crippen molar-refractivity contribution >= 4 is 86.1 Å². The lowest BCUT2D eigenvalue weighted by atomic mass is 9.99. The maximum atomic E-state index is 4.52. The van der Waals surface area contributed by atoms with Crippen molar-refractivity contribution in [1.29, 1.82) is 0 Å². The summed E-state index contributed by atoms with van der Waals surface area (Å²) >= 11 is 3.55. The monoisotopic (exact) mass is 499 g/mol. The van der Waals surface area contributed by atoms with Gasteiger partial charge in [0.25, 0.3) is 0 Å². The Kier molecular flexibility index (Phi) is 6.10. The van der Waals surface area contributed by atoms with E-state index in [4.69, 9.17) is 0 Å². The molecule has 0 fully saturated rings. The maximum absolute atomic E-state index is 4.52. The molecule has 0 N–H and O–H groups in total. The Morgan fingerprint density at radius 3 is 1.36 bits per heavy atom. The molecular weight excluding hydrogens is 475 g/mol. The summed E-state index contributed by atoms with van der Waals surface area (Å²) in [5.74, 6) is 0. The van der Waals surface area contributed by atoms with Crippen molar-refractivity contribution in [2.45, 2.75) is 13.8 Å². The predicted octanol–water partition coefficient (Wildman–Crippen LogP) is 10.8. The molecule has 6 aromatic carbocycles. The van der Waals surface area contributed by atoms with Crippen LogP contribution in [0.5, 0.6) is 0 Å². The number of fused-ring (bicyclic) bond motifs is 12. The van der Waals surface area contributed by atoms with E-state index >= 15 is 0 Å². The molecule has 0 unspecified atom stereocenters. The fourth-order valence-electron chi connectivity index (χ4n) is 5.07. The van der Waals surface area contributed by atoms with Crippen LogP contribution in [0.1, 0.15) is 13.8 Å². The van der Waals surface area contributed by atoms with Gasteiger partial charge >= 0.3 is 0 Å². The van der Waals surface area contributed by atoms with E-state index in [0.717, 1.165) is 5.52 Å². The van der Waals surface area contributed by atoms with Crippen molar-refractivity contribution in [3.05, 3.63) is 114 Å². The molecule has 174 valence electrons. The minimum atomic E-state index is 1.13. The zero-order valence-corrected chi connectivity index (χ0v) is 21.9. The summed E-state index contributed by atoms with van der Waals surface area (Å²) in [6.45, 7) is 4.00. The second-order valence-electron chi connectivity index (χ2n) is 8.38. The molecule has 0 saturated heterocycles. The molecular formula is C33H25NS2. The van der Waals surface area contributed by atoms with E-state index in [9.17, 15) is 0 Å². The van der Waals surface area contributed by atoms with E-state index in [1.165, 1.54) is 57.9 Å². The number of nitrogens with zero attached hydrogens (tertiary/aromatic N) is 1. The molecule has 0 radical (unpaired) electrons. The molecule has 2 heterocycles. The van der Waals surface area contributed by atoms with Gasteiger partial charge in [-0.3, -0.25) is 0 Å². The molecule has 0 amide bonds. The first-order valence-electron chi connectivity index (χ1n) is 12.3. The largest absolute Gasteiger partial charge is 0.244 e. The fourth-order valence-corrected chi connectivity index (χ4v) is 6.86. The van der Waals surface area contributed by atoms with Crippen molar-refractivity contribution < 1.29 is 0 Å². The van der Waals surface area contributed by atoms with E-state index in [2.05, 4.69) is 113 Å². The lowest BCUT2D eigenvalue weighted by Crippen LogP contribution is -1.79. The molecule has 8 rings (SSSR count). The van der Waals surface area contributed by atoms with E-state index in [1.54, 1.807) is 11.3 Å². The van der Waals surface area contributed by atoms with Crippen molar-refractivity contribution in [3.63, 3.8) is 0 Å². The molecule has 0 atom stereocenters. The highest BCUT2D eigenvalue weighted by atomic mass is 32.1. The van der Waals surface area contributed by atoms with Gasteiger partial charge in [-0.2, -0.15) is 0 Å². The van der Waals surface area contributed by atoms with Crippen LogP contribution in [-0.4, -0.2) is 4.98 Å². The van der Waals surface area contributed by atoms with Crippen LogP contribution in [-0.2, 0) is 0 Å². The number of thiazole rings is 1. The van der Waals surface area contributed by atoms with Crippen molar-refractivity contribution in [3.8, 4) is 0 Å². The van der Waals surface area contributed by atoms with Crippen molar-refractivity contribution in [2.75, 3.05) is 0 Å². The molecule has 1 nitrogen and oxygen atoms in total. The Hall–Kier alpha value is -3.79. The molecule has 2 aromatic heterocycles. The van der Waals surface area contributed by atoms with Crippen LogP contribution < -0.4 is 0 Å². The lowest BCUT2D eigenvalue weighted by Gasteiger charge is -2.06. The molecule has 0 saturated carbocycles. The number of aromatic nitrogens is 1. The highest BCUT2D eigenvalue weighted by molar-refractivity contribution is 7.18. The normalized spacial score (nSPS) is 11.1. The number of benzene rings is 6. The third-order valence-electron chi connectivity index (χ3n) is 6.56. The van der Waals surface area contributed by atoms with Crippen LogP contribution in [0, 0.1) is 0 Å². The molecule has 0 aliphatic heterocycles. The SMILES string of the molecule is CC.c1ccc2c(c1)c1ccccc1c1sccc21.c1ccc2c(c1)c1ccccc1c1scnc21. The molecule has 0 aliphatic rings. The van der Waals surface area contributed by atoms with Crippen LogP contribution in [0.25, 0.3) is 63.4 Å². The number of thiophene rings is 1. The molecule has 0 spiro atoms. The van der Waals surface area contributed by atoms with Gasteiger partial charge in [0.15, 0.2) is 0 Å². The minimum Gasteiger partial charge on any atom is -0.244 e. The van der Waals surface area contributed by atoms with Gasteiger partial charge in [0, 0.05) is 26.2 Å². The maximum Gasteiger partial charge on any atom is 0.0896 e. The van der Waals surface area contributed by atoms with E-state index < -0.39 is 0 Å². The summed E-state index contributed by atoms with van der Waals surface area (Å²) < 4.78 is 2.69. The van der Waals surface area contributed by atoms with Crippen LogP contribution in [0.4, 0.5) is 0 Å². The Labute approximate surface area is 218 Å². The smallest absolute Gasteiger partial charge is 0.0896 e. The van der Waals surface area contributed by atoms with Crippen LogP contribution in [0.3, 0.4) is 0 Å². The van der Waals surface area contributed by atoms with E-state index in [1.807, 2.05) is 30.7 Å². The van der Waals surface area contributed by atoms with Crippen molar-refractivity contribution in [2.24, 2.45) is 0 Å². The van der Waals surface area contributed by atoms with Crippen molar-refractivity contribution in [1.82, 2.24) is 4.98 Å². The summed E-state index contributed by atoms with van der Waals surface area (Å²) in [6, 6.07) is 36.7. The van der Waals surface area contributed by atoms with Crippen LogP contribution in [0.15, 0.2) is 114 Å². The second-order valence-corrected chi connectivity index (χ2v) is 10.1. The lowest BCUT2D eigenvalue weighted by molar-refractivity contribution is 1.50. The average Bonchev–Trinajstić information content (AvgIpc) is 3.66. The summed E-state index contributed by atoms with van der Waals surface area (Å²) in [5.41, 5.74) is 3.06. The first-order valence-corrected chi connectivity index (χ1v) is 14.1. The molecule has 0 bridgehead atoms. The summed E-state index contributed by atoms with van der Waals surface area (Å²) in [4.78, 5) is 4.52. The Balaban J connectivity index is 0.000000125. The third-order valence-corrected chi connectivity index (χ3v) is 8.36. The van der Waals surface area contributed by atoms with Crippen LogP contribution in [0.2, 0.25) is 0 Å². The van der Waals surface area contributed by atoms with Gasteiger partial charge in [-0.15, -0.1) is 22.7 Å². The van der Waals surface area contributed by atoms with E-state index in [0.29, 0.717) is 0 Å². The number of hydrogen-bond acceptors (Lipinski definition) is 3. The zero-order chi connectivity index (χ0) is 24.5. The molecule has 0 aliphatic carbocycles. The van der Waals surface area contributed by atoms with Gasteiger partial charge < -0.3 is 0 Å². The first kappa shape index (κ1) is 22.7. The minimum absolute atomic E-state index is 1.13. The van der Waals surface area contributed by atoms with Gasteiger partial charge in [-0.25, -0.2) is 4.98 Å². The first-order chi connectivity index (χ1) is 17.9. The van der Waals surface area contributed by atoms with Gasteiger partial charge in [-0.05, 0) is 38.4 Å². The Morgan fingerprint density at radius 1 is 0.417 bits per heavy atom. The summed E-state index contributed by atoms with van der Waals surface area (Å²) in [7, 11) is 0. The molecule has 8 aromatic rings. The Bertz CT molecular complexity index is 1690. The highest BCUT2D eigenvalue weighted by Crippen LogP contribution is 2.38. The topological polar surface area (TPSA) is 12.9 Å². The predicted molar refractivity (Wildman–Crippen MR) is 163 cm³/mol.